The van der Waals surface area contributed by atoms with E-state index < -0.39 is 11.7 Å². The Hall–Kier alpha value is -2.04. The van der Waals surface area contributed by atoms with Crippen molar-refractivity contribution in [1.82, 2.24) is 4.98 Å². The molecule has 0 aliphatic rings. The van der Waals surface area contributed by atoms with Gasteiger partial charge in [-0.05, 0) is 36.8 Å². The summed E-state index contributed by atoms with van der Waals surface area (Å²) in [5, 5.41) is 2.87. The Kier molecular flexibility index (Phi) is 3.23. The molecule has 2 rings (SSSR count). The molecule has 0 aliphatic heterocycles. The van der Waals surface area contributed by atoms with Gasteiger partial charge in [0.2, 0.25) is 0 Å². The lowest BCUT2D eigenvalue weighted by Crippen LogP contribution is -2.05. The molecule has 94 valence electrons. The summed E-state index contributed by atoms with van der Waals surface area (Å²) in [5.41, 5.74) is 0.558. The van der Waals surface area contributed by atoms with Crippen LogP contribution in [0.2, 0.25) is 0 Å². The van der Waals surface area contributed by atoms with Crippen molar-refractivity contribution in [3.05, 3.63) is 53.7 Å². The molecular formula is C13H11F3N2. The van der Waals surface area contributed by atoms with Gasteiger partial charge < -0.3 is 5.32 Å². The van der Waals surface area contributed by atoms with Gasteiger partial charge in [-0.1, -0.05) is 12.1 Å². The number of hydrogen-bond acceptors (Lipinski definition) is 2. The summed E-state index contributed by atoms with van der Waals surface area (Å²) in [6.45, 7) is 1.84. The third-order valence-corrected chi connectivity index (χ3v) is 2.46. The maximum Gasteiger partial charge on any atom is 0.416 e. The summed E-state index contributed by atoms with van der Waals surface area (Å²) in [4.78, 5) is 4.07. The zero-order valence-corrected chi connectivity index (χ0v) is 9.62. The van der Waals surface area contributed by atoms with Gasteiger partial charge in [-0.15, -0.1) is 0 Å². The van der Waals surface area contributed by atoms with Gasteiger partial charge in [0, 0.05) is 11.9 Å². The van der Waals surface area contributed by atoms with Crippen molar-refractivity contribution in [2.45, 2.75) is 13.1 Å². The first kappa shape index (κ1) is 12.4. The molecule has 2 aromatic rings. The van der Waals surface area contributed by atoms with E-state index in [0.29, 0.717) is 11.5 Å². The first-order chi connectivity index (χ1) is 8.47. The maximum absolute atomic E-state index is 12.5. The second-order valence-corrected chi connectivity index (χ2v) is 3.87. The van der Waals surface area contributed by atoms with Crippen LogP contribution in [-0.2, 0) is 6.18 Å². The van der Waals surface area contributed by atoms with Crippen molar-refractivity contribution in [3.8, 4) is 0 Å². The number of pyridine rings is 1. The minimum Gasteiger partial charge on any atom is -0.340 e. The van der Waals surface area contributed by atoms with Crippen LogP contribution in [0.4, 0.5) is 24.7 Å². The summed E-state index contributed by atoms with van der Waals surface area (Å²) in [7, 11) is 0. The fourth-order valence-electron chi connectivity index (χ4n) is 1.53. The van der Waals surface area contributed by atoms with Crippen LogP contribution in [0.3, 0.4) is 0 Å². The van der Waals surface area contributed by atoms with Gasteiger partial charge in [0.05, 0.1) is 5.56 Å². The molecule has 0 saturated carbocycles. The minimum atomic E-state index is -4.34. The van der Waals surface area contributed by atoms with Gasteiger partial charge in [-0.2, -0.15) is 13.2 Å². The Morgan fingerprint density at radius 2 is 1.89 bits per heavy atom. The fourth-order valence-corrected chi connectivity index (χ4v) is 1.53. The number of nitrogens with zero attached hydrogens (tertiary/aromatic N) is 1. The zero-order valence-electron chi connectivity index (χ0n) is 9.62. The van der Waals surface area contributed by atoms with E-state index in [0.717, 1.165) is 17.7 Å². The summed E-state index contributed by atoms with van der Waals surface area (Å²) >= 11 is 0. The van der Waals surface area contributed by atoms with Gasteiger partial charge in [0.25, 0.3) is 0 Å². The monoisotopic (exact) mass is 252 g/mol. The van der Waals surface area contributed by atoms with Crippen LogP contribution in [0.5, 0.6) is 0 Å². The number of aromatic nitrogens is 1. The molecule has 0 aliphatic carbocycles. The summed E-state index contributed by atoms with van der Waals surface area (Å²) < 4.78 is 37.6. The van der Waals surface area contributed by atoms with E-state index >= 15 is 0 Å². The second-order valence-electron chi connectivity index (χ2n) is 3.87. The SMILES string of the molecule is Cc1cccnc1Nc1cccc(C(F)(F)F)c1. The quantitative estimate of drug-likeness (QED) is 0.868. The predicted molar refractivity (Wildman–Crippen MR) is 63.7 cm³/mol. The van der Waals surface area contributed by atoms with Crippen molar-refractivity contribution in [2.75, 3.05) is 5.32 Å². The maximum atomic E-state index is 12.5. The molecule has 0 fully saturated rings. The number of nitrogens with one attached hydrogen (secondary N) is 1. The van der Waals surface area contributed by atoms with Crippen LogP contribution < -0.4 is 5.32 Å². The minimum absolute atomic E-state index is 0.367. The highest BCUT2D eigenvalue weighted by Gasteiger charge is 2.30. The van der Waals surface area contributed by atoms with Gasteiger partial charge in [0.1, 0.15) is 5.82 Å². The highest BCUT2D eigenvalue weighted by Crippen LogP contribution is 2.31. The zero-order chi connectivity index (χ0) is 13.2. The molecule has 0 bridgehead atoms. The number of benzene rings is 1. The number of alkyl halides is 3. The summed E-state index contributed by atoms with van der Waals surface area (Å²) in [6.07, 6.45) is -2.75. The molecule has 2 nitrogen and oxygen atoms in total. The Balaban J connectivity index is 2.28. The molecule has 0 saturated heterocycles. The van der Waals surface area contributed by atoms with E-state index in [4.69, 9.17) is 0 Å². The summed E-state index contributed by atoms with van der Waals surface area (Å²) in [6, 6.07) is 8.65. The van der Waals surface area contributed by atoms with E-state index in [1.54, 1.807) is 18.3 Å². The molecule has 1 N–H and O–H groups in total. The van der Waals surface area contributed by atoms with Crippen LogP contribution in [-0.4, -0.2) is 4.98 Å². The van der Waals surface area contributed by atoms with Gasteiger partial charge in [-0.3, -0.25) is 0 Å². The third kappa shape index (κ3) is 2.80. The predicted octanol–water partition coefficient (Wildman–Crippen LogP) is 4.15. The Labute approximate surface area is 102 Å². The number of hydrogen-bond donors (Lipinski definition) is 1. The average molecular weight is 252 g/mol. The number of halogens is 3. The van der Waals surface area contributed by atoms with Crippen LogP contribution in [0.25, 0.3) is 0 Å². The van der Waals surface area contributed by atoms with Crippen molar-refractivity contribution in [3.63, 3.8) is 0 Å². The highest BCUT2D eigenvalue weighted by atomic mass is 19.4. The molecule has 0 unspecified atom stereocenters. The first-order valence-corrected chi connectivity index (χ1v) is 5.33. The van der Waals surface area contributed by atoms with Crippen LogP contribution >= 0.6 is 0 Å². The largest absolute Gasteiger partial charge is 0.416 e. The van der Waals surface area contributed by atoms with Crippen molar-refractivity contribution in [1.29, 1.82) is 0 Å². The van der Waals surface area contributed by atoms with Gasteiger partial charge >= 0.3 is 6.18 Å². The molecule has 0 radical (unpaired) electrons. The number of anilines is 2. The Morgan fingerprint density at radius 3 is 2.56 bits per heavy atom. The van der Waals surface area contributed by atoms with Gasteiger partial charge in [-0.25, -0.2) is 4.98 Å². The van der Waals surface area contributed by atoms with E-state index in [1.165, 1.54) is 6.07 Å². The van der Waals surface area contributed by atoms with Crippen molar-refractivity contribution >= 4 is 11.5 Å². The molecule has 0 atom stereocenters. The topological polar surface area (TPSA) is 24.9 Å². The van der Waals surface area contributed by atoms with Crippen LogP contribution in [0.1, 0.15) is 11.1 Å². The molecular weight excluding hydrogens is 241 g/mol. The lowest BCUT2D eigenvalue weighted by Gasteiger charge is -2.11. The number of rotatable bonds is 2. The third-order valence-electron chi connectivity index (χ3n) is 2.46. The van der Waals surface area contributed by atoms with E-state index in [9.17, 15) is 13.2 Å². The first-order valence-electron chi connectivity index (χ1n) is 5.33. The van der Waals surface area contributed by atoms with Crippen molar-refractivity contribution in [2.24, 2.45) is 0 Å². The lowest BCUT2D eigenvalue weighted by atomic mass is 10.2. The van der Waals surface area contributed by atoms with Crippen molar-refractivity contribution < 1.29 is 13.2 Å². The van der Waals surface area contributed by atoms with Crippen LogP contribution in [0, 0.1) is 6.92 Å². The van der Waals surface area contributed by atoms with E-state index in [-0.39, 0.29) is 0 Å². The molecule has 18 heavy (non-hydrogen) atoms. The molecule has 0 spiro atoms. The van der Waals surface area contributed by atoms with Gasteiger partial charge in [0.15, 0.2) is 0 Å². The molecule has 1 heterocycles. The fraction of sp³-hybridized carbons (Fsp3) is 0.154. The molecule has 1 aromatic carbocycles. The molecule has 5 heteroatoms. The normalized spacial score (nSPS) is 11.3. The standard InChI is InChI=1S/C13H11F3N2/c1-9-4-3-7-17-12(9)18-11-6-2-5-10(8-11)13(14,15)16/h2-8H,1H3,(H,17,18). The van der Waals surface area contributed by atoms with E-state index in [1.807, 2.05) is 13.0 Å². The Morgan fingerprint density at radius 1 is 1.11 bits per heavy atom. The number of aryl methyl sites for hydroxylation is 1. The smallest absolute Gasteiger partial charge is 0.340 e. The Bertz CT molecular complexity index is 550. The lowest BCUT2D eigenvalue weighted by molar-refractivity contribution is -0.137. The second kappa shape index (κ2) is 4.68. The molecule has 1 aromatic heterocycles. The highest BCUT2D eigenvalue weighted by molar-refractivity contribution is 5.59. The average Bonchev–Trinajstić information content (AvgIpc) is 2.31. The van der Waals surface area contributed by atoms with Crippen LogP contribution in [0.15, 0.2) is 42.6 Å². The summed E-state index contributed by atoms with van der Waals surface area (Å²) in [5.74, 6) is 0.553. The molecule has 0 amide bonds. The van der Waals surface area contributed by atoms with E-state index in [2.05, 4.69) is 10.3 Å².